The van der Waals surface area contributed by atoms with Gasteiger partial charge in [-0.15, -0.1) is 0 Å². The van der Waals surface area contributed by atoms with Gasteiger partial charge in [0.15, 0.2) is 0 Å². The summed E-state index contributed by atoms with van der Waals surface area (Å²) < 4.78 is 5.93. The highest BCUT2D eigenvalue weighted by molar-refractivity contribution is 5.62. The molecule has 2 heteroatoms. The predicted octanol–water partition coefficient (Wildman–Crippen LogP) is 4.36. The summed E-state index contributed by atoms with van der Waals surface area (Å²) >= 11 is 0. The lowest BCUT2D eigenvalue weighted by atomic mass is 9.92. The summed E-state index contributed by atoms with van der Waals surface area (Å²) in [7, 11) is 0. The van der Waals surface area contributed by atoms with Crippen molar-refractivity contribution in [3.63, 3.8) is 0 Å². The summed E-state index contributed by atoms with van der Waals surface area (Å²) in [6.45, 7) is 6.07. The van der Waals surface area contributed by atoms with Gasteiger partial charge in [0, 0.05) is 6.42 Å². The largest absolute Gasteiger partial charge is 0.490 e. The first-order valence-corrected chi connectivity index (χ1v) is 6.81. The van der Waals surface area contributed by atoms with Gasteiger partial charge < -0.3 is 9.84 Å². The van der Waals surface area contributed by atoms with E-state index in [0.29, 0.717) is 0 Å². The Balaban J connectivity index is 2.39. The second kappa shape index (κ2) is 5.57. The first-order chi connectivity index (χ1) is 8.63. The van der Waals surface area contributed by atoms with Gasteiger partial charge >= 0.3 is 0 Å². The minimum Gasteiger partial charge on any atom is -0.490 e. The van der Waals surface area contributed by atoms with Gasteiger partial charge in [0.05, 0.1) is 11.9 Å². The molecule has 2 atom stereocenters. The van der Waals surface area contributed by atoms with E-state index >= 15 is 0 Å². The van der Waals surface area contributed by atoms with Gasteiger partial charge in [-0.2, -0.15) is 0 Å². The number of allylic oxidation sites excluding steroid dienone is 1. The van der Waals surface area contributed by atoms with Crippen LogP contribution in [-0.4, -0.2) is 5.11 Å². The summed E-state index contributed by atoms with van der Waals surface area (Å²) in [5.41, 5.74) is 3.32. The molecule has 18 heavy (non-hydrogen) atoms. The minimum absolute atomic E-state index is 0.0792. The van der Waals surface area contributed by atoms with Crippen LogP contribution in [0.15, 0.2) is 24.0 Å². The Hall–Kier alpha value is -1.28. The van der Waals surface area contributed by atoms with Crippen molar-refractivity contribution in [3.8, 4) is 0 Å². The molecular formula is C16H22O2. The number of hydrogen-bond donors (Lipinski definition) is 1. The summed E-state index contributed by atoms with van der Waals surface area (Å²) in [6.07, 6.45) is 5.04. The van der Waals surface area contributed by atoms with Crippen LogP contribution in [0.2, 0.25) is 0 Å². The summed E-state index contributed by atoms with van der Waals surface area (Å²) in [5, 5.41) is 9.86. The molecule has 0 spiro atoms. The van der Waals surface area contributed by atoms with Gasteiger partial charge in [-0.1, -0.05) is 31.5 Å². The van der Waals surface area contributed by atoms with Crippen LogP contribution in [0.3, 0.4) is 0 Å². The van der Waals surface area contributed by atoms with E-state index in [-0.39, 0.29) is 6.10 Å². The maximum absolute atomic E-state index is 9.86. The average molecular weight is 246 g/mol. The van der Waals surface area contributed by atoms with Gasteiger partial charge in [-0.05, 0) is 43.0 Å². The lowest BCUT2D eigenvalue weighted by molar-refractivity contribution is 0.122. The van der Waals surface area contributed by atoms with E-state index in [9.17, 15) is 5.11 Å². The zero-order chi connectivity index (χ0) is 13.1. The fourth-order valence-electron chi connectivity index (χ4n) is 2.45. The maximum Gasteiger partial charge on any atom is 0.121 e. The molecule has 0 bridgehead atoms. The third-order valence-corrected chi connectivity index (χ3v) is 3.47. The van der Waals surface area contributed by atoms with Crippen LogP contribution in [0.4, 0.5) is 0 Å². The van der Waals surface area contributed by atoms with Crippen molar-refractivity contribution in [1.29, 1.82) is 0 Å². The fourth-order valence-corrected chi connectivity index (χ4v) is 2.45. The van der Waals surface area contributed by atoms with Crippen LogP contribution in [0.5, 0.6) is 0 Å². The first-order valence-electron chi connectivity index (χ1n) is 6.81. The van der Waals surface area contributed by atoms with Crippen molar-refractivity contribution in [2.75, 3.05) is 0 Å². The maximum atomic E-state index is 9.86. The van der Waals surface area contributed by atoms with Crippen molar-refractivity contribution in [2.24, 2.45) is 0 Å². The second-order valence-corrected chi connectivity index (χ2v) is 5.00. The highest BCUT2D eigenvalue weighted by atomic mass is 16.5. The van der Waals surface area contributed by atoms with Crippen LogP contribution < -0.4 is 0 Å². The normalized spacial score (nSPS) is 19.8. The topological polar surface area (TPSA) is 29.5 Å². The summed E-state index contributed by atoms with van der Waals surface area (Å²) in [6, 6.07) is 6.07. The first kappa shape index (κ1) is 13.2. The fraction of sp³-hybridized carbons (Fsp3) is 0.500. The number of aliphatic hydroxyl groups excluding tert-OH is 1. The van der Waals surface area contributed by atoms with E-state index in [2.05, 4.69) is 26.0 Å². The van der Waals surface area contributed by atoms with E-state index < -0.39 is 6.10 Å². The van der Waals surface area contributed by atoms with Gasteiger partial charge in [0.2, 0.25) is 0 Å². The van der Waals surface area contributed by atoms with Crippen molar-refractivity contribution < 1.29 is 9.84 Å². The zero-order valence-corrected chi connectivity index (χ0v) is 11.4. The molecule has 1 aromatic rings. The van der Waals surface area contributed by atoms with Gasteiger partial charge in [-0.3, -0.25) is 0 Å². The minimum atomic E-state index is -0.436. The lowest BCUT2D eigenvalue weighted by Gasteiger charge is -2.26. The Labute approximate surface area is 109 Å². The number of ether oxygens (including phenoxy) is 1. The Kier molecular flexibility index (Phi) is 4.07. The molecule has 0 saturated heterocycles. The molecule has 0 aromatic heterocycles. The smallest absolute Gasteiger partial charge is 0.121 e. The van der Waals surface area contributed by atoms with Gasteiger partial charge in [0.1, 0.15) is 6.10 Å². The predicted molar refractivity (Wildman–Crippen MR) is 74.1 cm³/mol. The van der Waals surface area contributed by atoms with Crippen LogP contribution in [0.1, 0.15) is 68.9 Å². The van der Waals surface area contributed by atoms with Crippen molar-refractivity contribution in [2.45, 2.75) is 52.2 Å². The number of unbranched alkanes of at least 4 members (excludes halogenated alkanes) is 1. The number of fused-ring (bicyclic) bond motifs is 1. The number of rotatable bonds is 4. The molecule has 1 heterocycles. The molecule has 2 nitrogen and oxygen atoms in total. The highest BCUT2D eigenvalue weighted by Crippen LogP contribution is 2.36. The third kappa shape index (κ3) is 2.59. The number of aliphatic hydroxyl groups is 1. The molecule has 0 unspecified atom stereocenters. The molecule has 0 aliphatic carbocycles. The highest BCUT2D eigenvalue weighted by Gasteiger charge is 2.21. The lowest BCUT2D eigenvalue weighted by Crippen LogP contribution is -2.10. The second-order valence-electron chi connectivity index (χ2n) is 5.00. The quantitative estimate of drug-likeness (QED) is 0.855. The van der Waals surface area contributed by atoms with E-state index in [1.165, 1.54) is 12.0 Å². The van der Waals surface area contributed by atoms with Crippen LogP contribution >= 0.6 is 0 Å². The van der Waals surface area contributed by atoms with Crippen molar-refractivity contribution in [1.82, 2.24) is 0 Å². The SMILES string of the molecule is CCCCC1=Cc2c(cccc2[C@@H](C)O)[C@H](C)O1. The van der Waals surface area contributed by atoms with E-state index in [1.807, 2.05) is 19.1 Å². The monoisotopic (exact) mass is 246 g/mol. The van der Waals surface area contributed by atoms with Crippen LogP contribution in [0, 0.1) is 0 Å². The molecule has 1 aliphatic rings. The molecule has 1 N–H and O–H groups in total. The van der Waals surface area contributed by atoms with Crippen molar-refractivity contribution >= 4 is 6.08 Å². The van der Waals surface area contributed by atoms with E-state index in [0.717, 1.165) is 29.7 Å². The number of hydrogen-bond acceptors (Lipinski definition) is 2. The standard InChI is InChI=1S/C16H22O2/c1-4-5-7-13-10-16-14(11(2)17)8-6-9-15(16)12(3)18-13/h6,8-12,17H,4-5,7H2,1-3H3/t11-,12+/m1/s1. The molecule has 2 rings (SSSR count). The molecular weight excluding hydrogens is 224 g/mol. The zero-order valence-electron chi connectivity index (χ0n) is 11.4. The third-order valence-electron chi connectivity index (χ3n) is 3.47. The number of benzene rings is 1. The Morgan fingerprint density at radius 2 is 2.17 bits per heavy atom. The summed E-state index contributed by atoms with van der Waals surface area (Å²) in [5.74, 6) is 1.05. The van der Waals surface area contributed by atoms with E-state index in [1.54, 1.807) is 0 Å². The van der Waals surface area contributed by atoms with E-state index in [4.69, 9.17) is 4.74 Å². The van der Waals surface area contributed by atoms with Gasteiger partial charge in [-0.25, -0.2) is 0 Å². The average Bonchev–Trinajstić information content (AvgIpc) is 2.35. The molecule has 0 amide bonds. The van der Waals surface area contributed by atoms with Gasteiger partial charge in [0.25, 0.3) is 0 Å². The molecule has 0 saturated carbocycles. The Morgan fingerprint density at radius 1 is 1.39 bits per heavy atom. The van der Waals surface area contributed by atoms with Crippen LogP contribution in [-0.2, 0) is 4.74 Å². The molecule has 1 aliphatic heterocycles. The Morgan fingerprint density at radius 3 is 2.83 bits per heavy atom. The molecule has 0 fully saturated rings. The molecule has 0 radical (unpaired) electrons. The molecule has 1 aromatic carbocycles. The summed E-state index contributed by atoms with van der Waals surface area (Å²) in [4.78, 5) is 0. The Bertz CT molecular complexity index is 446. The molecule has 98 valence electrons. The van der Waals surface area contributed by atoms with Crippen LogP contribution in [0.25, 0.3) is 6.08 Å². The van der Waals surface area contributed by atoms with Crippen molar-refractivity contribution in [3.05, 3.63) is 40.6 Å².